The average molecular weight is 370 g/mol. The Balaban J connectivity index is 1.61. The van der Waals surface area contributed by atoms with Crippen molar-refractivity contribution < 1.29 is 9.53 Å². The van der Waals surface area contributed by atoms with Crippen LogP contribution < -0.4 is 5.73 Å². The maximum absolute atomic E-state index is 12.5. The topological polar surface area (TPSA) is 77.6 Å². The van der Waals surface area contributed by atoms with E-state index in [2.05, 4.69) is 17.1 Å². The molecule has 0 spiro atoms. The van der Waals surface area contributed by atoms with Gasteiger partial charge in [-0.1, -0.05) is 35.9 Å². The van der Waals surface area contributed by atoms with E-state index in [9.17, 15) is 4.79 Å². The van der Waals surface area contributed by atoms with Gasteiger partial charge in [-0.15, -0.1) is 0 Å². The number of ether oxygens (including phenoxy) is 1. The standard InChI is InChI=1S/C20H20ClN3O2/c21-16-6-7-17(23-10-16)18(25)9-13-2-1-3-15(8-13)20(14-4-5-14)12-26-11-19(22)24-20/h1-3,6-8,10,14H,4-5,9,11-12H2,(H2,22,24). The number of carbonyl (C=O) groups is 1. The number of carbonyl (C=O) groups excluding carboxylic acids is 1. The van der Waals surface area contributed by atoms with Crippen LogP contribution in [0.3, 0.4) is 0 Å². The van der Waals surface area contributed by atoms with Gasteiger partial charge >= 0.3 is 0 Å². The summed E-state index contributed by atoms with van der Waals surface area (Å²) in [6, 6.07) is 11.4. The molecule has 5 nitrogen and oxygen atoms in total. The van der Waals surface area contributed by atoms with Gasteiger partial charge in [0.15, 0.2) is 5.78 Å². The van der Waals surface area contributed by atoms with Crippen molar-refractivity contribution in [2.75, 3.05) is 13.2 Å². The van der Waals surface area contributed by atoms with Crippen molar-refractivity contribution >= 4 is 23.2 Å². The fourth-order valence-corrected chi connectivity index (χ4v) is 3.66. The molecule has 2 heterocycles. The molecule has 2 N–H and O–H groups in total. The summed E-state index contributed by atoms with van der Waals surface area (Å²) in [5.41, 5.74) is 7.97. The van der Waals surface area contributed by atoms with Crippen molar-refractivity contribution in [3.63, 3.8) is 0 Å². The van der Waals surface area contributed by atoms with E-state index in [1.165, 1.54) is 6.20 Å². The first-order valence-electron chi connectivity index (χ1n) is 8.73. The lowest BCUT2D eigenvalue weighted by Crippen LogP contribution is -2.41. The summed E-state index contributed by atoms with van der Waals surface area (Å²) in [7, 11) is 0. The molecule has 1 aliphatic carbocycles. The summed E-state index contributed by atoms with van der Waals surface area (Å²) in [4.78, 5) is 21.4. The number of nitrogens with zero attached hydrogens (tertiary/aromatic N) is 2. The van der Waals surface area contributed by atoms with Crippen LogP contribution in [0.15, 0.2) is 47.6 Å². The number of Topliss-reactive ketones (excluding diaryl/α,β-unsaturated/α-hetero) is 1. The van der Waals surface area contributed by atoms with E-state index in [-0.39, 0.29) is 12.2 Å². The molecule has 4 rings (SSSR count). The van der Waals surface area contributed by atoms with Gasteiger partial charge in [-0.25, -0.2) is 0 Å². The van der Waals surface area contributed by atoms with E-state index in [1.807, 2.05) is 12.1 Å². The number of ketones is 1. The number of pyridine rings is 1. The number of benzene rings is 1. The largest absolute Gasteiger partial charge is 0.386 e. The SMILES string of the molecule is NC1=NC(c2cccc(CC(=O)c3ccc(Cl)cn3)c2)(C2CC2)COC1. The van der Waals surface area contributed by atoms with Crippen molar-refractivity contribution in [1.29, 1.82) is 0 Å². The molecule has 1 aliphatic heterocycles. The Hall–Kier alpha value is -2.24. The van der Waals surface area contributed by atoms with Gasteiger partial charge in [0.05, 0.1) is 11.6 Å². The Kier molecular flexibility index (Phi) is 4.51. The van der Waals surface area contributed by atoms with Crippen molar-refractivity contribution in [3.8, 4) is 0 Å². The second kappa shape index (κ2) is 6.82. The number of aromatic nitrogens is 1. The van der Waals surface area contributed by atoms with Crippen LogP contribution in [0.5, 0.6) is 0 Å². The predicted molar refractivity (Wildman–Crippen MR) is 101 cm³/mol. The summed E-state index contributed by atoms with van der Waals surface area (Å²) in [6.07, 6.45) is 4.02. The molecule has 6 heteroatoms. The molecule has 1 saturated carbocycles. The maximum atomic E-state index is 12.5. The van der Waals surface area contributed by atoms with Crippen LogP contribution in [0.25, 0.3) is 0 Å². The zero-order valence-corrected chi connectivity index (χ0v) is 15.1. The summed E-state index contributed by atoms with van der Waals surface area (Å²) in [6.45, 7) is 0.920. The van der Waals surface area contributed by atoms with E-state index in [0.717, 1.165) is 24.0 Å². The highest BCUT2D eigenvalue weighted by Gasteiger charge is 2.48. The van der Waals surface area contributed by atoms with Crippen molar-refractivity contribution in [2.45, 2.75) is 24.8 Å². The van der Waals surface area contributed by atoms with Crippen LogP contribution in [0, 0.1) is 5.92 Å². The van der Waals surface area contributed by atoms with Crippen LogP contribution in [0.2, 0.25) is 5.02 Å². The predicted octanol–water partition coefficient (Wildman–Crippen LogP) is 3.15. The lowest BCUT2D eigenvalue weighted by atomic mass is 9.84. The Labute approximate surface area is 157 Å². The first kappa shape index (κ1) is 17.2. The van der Waals surface area contributed by atoms with Crippen LogP contribution in [0.4, 0.5) is 0 Å². The van der Waals surface area contributed by atoms with Gasteiger partial charge in [-0.05, 0) is 42.0 Å². The van der Waals surface area contributed by atoms with Gasteiger partial charge in [0, 0.05) is 12.6 Å². The van der Waals surface area contributed by atoms with Crippen molar-refractivity contribution in [2.24, 2.45) is 16.6 Å². The Morgan fingerprint density at radius 2 is 2.15 bits per heavy atom. The van der Waals surface area contributed by atoms with Gasteiger partial charge < -0.3 is 10.5 Å². The van der Waals surface area contributed by atoms with Gasteiger partial charge in [0.25, 0.3) is 0 Å². The second-order valence-corrected chi connectivity index (χ2v) is 7.39. The normalized spacial score (nSPS) is 22.7. The highest BCUT2D eigenvalue weighted by Crippen LogP contribution is 2.49. The third kappa shape index (κ3) is 3.37. The third-order valence-corrected chi connectivity index (χ3v) is 5.20. The summed E-state index contributed by atoms with van der Waals surface area (Å²) < 4.78 is 5.71. The Bertz CT molecular complexity index is 862. The fraction of sp³-hybridized carbons (Fsp3) is 0.350. The quantitative estimate of drug-likeness (QED) is 0.821. The highest BCUT2D eigenvalue weighted by molar-refractivity contribution is 6.30. The number of nitrogens with two attached hydrogens (primary N) is 1. The molecule has 1 aromatic heterocycles. The third-order valence-electron chi connectivity index (χ3n) is 4.97. The van der Waals surface area contributed by atoms with Crippen LogP contribution in [-0.2, 0) is 16.7 Å². The van der Waals surface area contributed by atoms with Crippen LogP contribution in [0.1, 0.15) is 34.5 Å². The summed E-state index contributed by atoms with van der Waals surface area (Å²) in [5, 5.41) is 0.516. The smallest absolute Gasteiger partial charge is 0.185 e. The van der Waals surface area contributed by atoms with E-state index >= 15 is 0 Å². The molecule has 0 saturated heterocycles. The molecule has 1 aromatic carbocycles. The highest BCUT2D eigenvalue weighted by atomic mass is 35.5. The lowest BCUT2D eigenvalue weighted by Gasteiger charge is -2.34. The number of amidine groups is 1. The fourth-order valence-electron chi connectivity index (χ4n) is 3.55. The number of hydrogen-bond acceptors (Lipinski definition) is 5. The molecular weight excluding hydrogens is 350 g/mol. The van der Waals surface area contributed by atoms with Gasteiger partial charge in [-0.3, -0.25) is 14.8 Å². The Morgan fingerprint density at radius 1 is 1.31 bits per heavy atom. The number of rotatable bonds is 5. The van der Waals surface area contributed by atoms with Gasteiger partial charge in [0.2, 0.25) is 0 Å². The summed E-state index contributed by atoms with van der Waals surface area (Å²) >= 11 is 5.84. The van der Waals surface area contributed by atoms with Crippen LogP contribution in [-0.4, -0.2) is 29.8 Å². The van der Waals surface area contributed by atoms with E-state index < -0.39 is 5.54 Å². The van der Waals surface area contributed by atoms with Gasteiger partial charge in [0.1, 0.15) is 23.7 Å². The first-order chi connectivity index (χ1) is 12.6. The maximum Gasteiger partial charge on any atom is 0.185 e. The molecule has 134 valence electrons. The molecule has 0 amide bonds. The molecule has 1 fully saturated rings. The molecule has 1 atom stereocenters. The van der Waals surface area contributed by atoms with E-state index in [0.29, 0.717) is 35.7 Å². The molecule has 0 bridgehead atoms. The summed E-state index contributed by atoms with van der Waals surface area (Å²) in [5.74, 6) is 0.947. The molecule has 0 radical (unpaired) electrons. The first-order valence-corrected chi connectivity index (χ1v) is 9.11. The average Bonchev–Trinajstić information content (AvgIpc) is 3.48. The molecule has 26 heavy (non-hydrogen) atoms. The molecule has 1 unspecified atom stereocenters. The zero-order valence-electron chi connectivity index (χ0n) is 14.3. The minimum atomic E-state index is -0.417. The molecule has 2 aliphatic rings. The zero-order chi connectivity index (χ0) is 18.1. The minimum absolute atomic E-state index is 0.0396. The van der Waals surface area contributed by atoms with Crippen molar-refractivity contribution in [1.82, 2.24) is 4.98 Å². The van der Waals surface area contributed by atoms with Crippen molar-refractivity contribution in [3.05, 3.63) is 64.4 Å². The van der Waals surface area contributed by atoms with Crippen LogP contribution >= 0.6 is 11.6 Å². The monoisotopic (exact) mass is 369 g/mol. The van der Waals surface area contributed by atoms with Gasteiger partial charge in [-0.2, -0.15) is 0 Å². The molecule has 2 aromatic rings. The number of aliphatic imine (C=N–C) groups is 1. The van der Waals surface area contributed by atoms with E-state index in [4.69, 9.17) is 27.1 Å². The Morgan fingerprint density at radius 3 is 2.85 bits per heavy atom. The number of hydrogen-bond donors (Lipinski definition) is 1. The van der Waals surface area contributed by atoms with E-state index in [1.54, 1.807) is 12.1 Å². The lowest BCUT2D eigenvalue weighted by molar-refractivity contribution is 0.0859. The second-order valence-electron chi connectivity index (χ2n) is 6.96. The minimum Gasteiger partial charge on any atom is -0.386 e. The molecular formula is C20H20ClN3O2. The number of halogens is 1.